The van der Waals surface area contributed by atoms with Gasteiger partial charge in [-0.05, 0) is 46.5 Å². The minimum Gasteiger partial charge on any atom is -0.444 e. The van der Waals surface area contributed by atoms with Crippen molar-refractivity contribution >= 4 is 12.0 Å². The molecule has 0 bridgehead atoms. The van der Waals surface area contributed by atoms with E-state index < -0.39 is 5.60 Å². The van der Waals surface area contributed by atoms with Crippen LogP contribution in [0, 0.1) is 5.41 Å². The standard InChI is InChI=1S/C13H22N2O3.CH4/c1-12(2,3)18-11(17)15-9-4-6-13(7-5-9)8-14-10(13)16;/h9H,4-8H2,1-3H3,(H,14,16)(H,15,17);1H4/i;1D. The van der Waals surface area contributed by atoms with Gasteiger partial charge in [0.05, 0.1) is 5.41 Å². The predicted molar refractivity (Wildman–Crippen MR) is 73.8 cm³/mol. The van der Waals surface area contributed by atoms with E-state index in [1.54, 1.807) is 0 Å². The largest absolute Gasteiger partial charge is 0.444 e. The van der Waals surface area contributed by atoms with Gasteiger partial charge >= 0.3 is 6.09 Å². The van der Waals surface area contributed by atoms with E-state index in [2.05, 4.69) is 10.6 Å². The molecule has 1 saturated heterocycles. The number of alkyl carbamates (subject to hydrolysis) is 1. The number of β-lactam (4-membered cyclic amide) rings is 1. The van der Waals surface area contributed by atoms with Crippen molar-refractivity contribution in [2.75, 3.05) is 6.54 Å². The average Bonchev–Trinajstić information content (AvgIpc) is 2.38. The smallest absolute Gasteiger partial charge is 0.407 e. The van der Waals surface area contributed by atoms with E-state index in [4.69, 9.17) is 6.11 Å². The second-order valence-corrected chi connectivity index (χ2v) is 6.38. The van der Waals surface area contributed by atoms with Crippen molar-refractivity contribution in [3.63, 3.8) is 0 Å². The van der Waals surface area contributed by atoms with E-state index in [9.17, 15) is 9.59 Å². The Morgan fingerprint density at radius 3 is 2.42 bits per heavy atom. The van der Waals surface area contributed by atoms with Gasteiger partial charge in [0.25, 0.3) is 0 Å². The fourth-order valence-corrected chi connectivity index (χ4v) is 2.60. The molecule has 1 saturated carbocycles. The molecule has 0 aromatic heterocycles. The normalized spacial score (nSPS) is 30.2. The van der Waals surface area contributed by atoms with Crippen molar-refractivity contribution in [3.05, 3.63) is 0 Å². The summed E-state index contributed by atoms with van der Waals surface area (Å²) in [4.78, 5) is 23.1. The Morgan fingerprint density at radius 2 is 2.05 bits per heavy atom. The topological polar surface area (TPSA) is 67.4 Å². The van der Waals surface area contributed by atoms with E-state index in [1.807, 2.05) is 20.8 Å². The van der Waals surface area contributed by atoms with E-state index in [0.717, 1.165) is 32.2 Å². The first-order valence-electron chi connectivity index (χ1n) is 7.59. The molecule has 0 aromatic rings. The summed E-state index contributed by atoms with van der Waals surface area (Å²) in [6.45, 7) is 6.34. The molecule has 0 radical (unpaired) electrons. The highest BCUT2D eigenvalue weighted by Gasteiger charge is 2.48. The lowest BCUT2D eigenvalue weighted by atomic mass is 9.68. The van der Waals surface area contributed by atoms with Crippen molar-refractivity contribution < 1.29 is 15.7 Å². The number of ether oxygens (including phenoxy) is 1. The molecule has 2 fully saturated rings. The van der Waals surface area contributed by atoms with Crippen LogP contribution in [0.3, 0.4) is 0 Å². The molecule has 110 valence electrons. The van der Waals surface area contributed by atoms with Crippen LogP contribution >= 0.6 is 0 Å². The maximum atomic E-state index is 11.6. The van der Waals surface area contributed by atoms with E-state index in [-0.39, 0.29) is 23.5 Å². The lowest BCUT2D eigenvalue weighted by Crippen LogP contribution is -2.61. The molecule has 2 rings (SSSR count). The molecule has 1 spiro atoms. The zero-order chi connectivity index (χ0) is 15.4. The first kappa shape index (κ1) is 14.2. The Hall–Kier alpha value is -1.26. The van der Waals surface area contributed by atoms with Crippen LogP contribution in [0.4, 0.5) is 4.79 Å². The number of rotatable bonds is 1. The summed E-state index contributed by atoms with van der Waals surface area (Å²) in [5, 5.41) is 5.69. The summed E-state index contributed by atoms with van der Waals surface area (Å²) in [5.74, 6) is 0.179. The number of nitrogens with one attached hydrogen (secondary N) is 2. The summed E-state index contributed by atoms with van der Waals surface area (Å²) in [7, 11) is 1.25. The van der Waals surface area contributed by atoms with Crippen molar-refractivity contribution in [2.24, 2.45) is 5.41 Å². The molecule has 5 nitrogen and oxygen atoms in total. The average molecular weight is 271 g/mol. The van der Waals surface area contributed by atoms with Crippen LogP contribution in [0.2, 0.25) is 0 Å². The van der Waals surface area contributed by atoms with Crippen molar-refractivity contribution in [3.8, 4) is 0 Å². The van der Waals surface area contributed by atoms with Crippen LogP contribution in [-0.2, 0) is 9.53 Å². The zero-order valence-corrected chi connectivity index (χ0v) is 12.3. The minimum absolute atomic E-state index is 0.133. The minimum atomic E-state index is -0.464. The fourth-order valence-electron chi connectivity index (χ4n) is 2.60. The maximum absolute atomic E-state index is 11.6. The second kappa shape index (κ2) is 5.39. The van der Waals surface area contributed by atoms with Crippen LogP contribution in [0.15, 0.2) is 0 Å². The van der Waals surface area contributed by atoms with Crippen LogP contribution in [0.25, 0.3) is 0 Å². The highest BCUT2D eigenvalue weighted by molar-refractivity contribution is 5.88. The SMILES string of the molecule is CC(C)(C)OC(=O)NC1CCC2(CC1)CNC2=O.[2H]C. The van der Waals surface area contributed by atoms with Gasteiger partial charge in [0, 0.05) is 14.0 Å². The van der Waals surface area contributed by atoms with Crippen LogP contribution in [0.5, 0.6) is 0 Å². The highest BCUT2D eigenvalue weighted by atomic mass is 16.6. The molecule has 0 atom stereocenters. The third kappa shape index (κ3) is 3.61. The molecule has 1 aliphatic carbocycles. The molecule has 1 heterocycles. The molecule has 2 amide bonds. The summed E-state index contributed by atoms with van der Waals surface area (Å²) >= 11 is 0. The summed E-state index contributed by atoms with van der Waals surface area (Å²) in [6.07, 6.45) is 3.07. The van der Waals surface area contributed by atoms with E-state index >= 15 is 0 Å². The zero-order valence-electron chi connectivity index (χ0n) is 13.3. The lowest BCUT2D eigenvalue weighted by Gasteiger charge is -2.45. The third-order valence-corrected chi connectivity index (χ3v) is 3.73. The molecular weight excluding hydrogens is 244 g/mol. The molecule has 2 aliphatic rings. The highest BCUT2D eigenvalue weighted by Crippen LogP contribution is 2.40. The second-order valence-electron chi connectivity index (χ2n) is 6.38. The van der Waals surface area contributed by atoms with Crippen molar-refractivity contribution in [1.82, 2.24) is 10.6 Å². The molecule has 0 unspecified atom stereocenters. The summed E-state index contributed by atoms with van der Waals surface area (Å²) in [5.41, 5.74) is -0.597. The quantitative estimate of drug-likeness (QED) is 0.718. The number of carbonyl (C=O) groups is 2. The van der Waals surface area contributed by atoms with Crippen LogP contribution < -0.4 is 10.6 Å². The summed E-state index contributed by atoms with van der Waals surface area (Å²) < 4.78 is 11.0. The maximum Gasteiger partial charge on any atom is 0.407 e. The Balaban J connectivity index is 0.000000956. The van der Waals surface area contributed by atoms with E-state index in [0.29, 0.717) is 0 Å². The lowest BCUT2D eigenvalue weighted by molar-refractivity contribution is -0.142. The first-order valence-corrected chi connectivity index (χ1v) is 6.59. The summed E-state index contributed by atoms with van der Waals surface area (Å²) in [6, 6.07) is 0.138. The van der Waals surface area contributed by atoms with Gasteiger partial charge < -0.3 is 15.4 Å². The van der Waals surface area contributed by atoms with Crippen molar-refractivity contribution in [2.45, 2.75) is 65.5 Å². The van der Waals surface area contributed by atoms with Crippen molar-refractivity contribution in [1.29, 1.82) is 0 Å². The molecular formula is C14H26N2O3. The number of hydrogen-bond acceptors (Lipinski definition) is 3. The van der Waals surface area contributed by atoms with Gasteiger partial charge in [-0.15, -0.1) is 0 Å². The predicted octanol–water partition coefficient (Wildman–Crippen LogP) is 2.21. The van der Waals surface area contributed by atoms with Gasteiger partial charge in [0.1, 0.15) is 5.60 Å². The van der Waals surface area contributed by atoms with Gasteiger partial charge in [0.2, 0.25) is 5.91 Å². The van der Waals surface area contributed by atoms with Gasteiger partial charge in [-0.1, -0.05) is 7.40 Å². The Kier molecular flexibility index (Phi) is 4.02. The van der Waals surface area contributed by atoms with Crippen LogP contribution in [0.1, 0.15) is 55.2 Å². The van der Waals surface area contributed by atoms with Gasteiger partial charge in [0.15, 0.2) is 0 Å². The van der Waals surface area contributed by atoms with Crippen LogP contribution in [-0.4, -0.2) is 30.2 Å². The van der Waals surface area contributed by atoms with Gasteiger partial charge in [-0.2, -0.15) is 0 Å². The monoisotopic (exact) mass is 271 g/mol. The Morgan fingerprint density at radius 1 is 1.47 bits per heavy atom. The van der Waals surface area contributed by atoms with Gasteiger partial charge in [-0.25, -0.2) is 4.79 Å². The number of hydrogen-bond donors (Lipinski definition) is 2. The fraction of sp³-hybridized carbons (Fsp3) is 0.857. The first-order chi connectivity index (χ1) is 9.31. The molecule has 2 N–H and O–H groups in total. The third-order valence-electron chi connectivity index (χ3n) is 3.73. The number of carbonyl (C=O) groups excluding carboxylic acids is 2. The molecule has 5 heteroatoms. The molecule has 1 aliphatic heterocycles. The van der Waals surface area contributed by atoms with E-state index in [1.165, 1.54) is 7.40 Å². The van der Waals surface area contributed by atoms with Gasteiger partial charge in [-0.3, -0.25) is 4.79 Å². The Labute approximate surface area is 116 Å². The number of amides is 2. The molecule has 0 aromatic carbocycles. The Bertz CT molecular complexity index is 358. The molecule has 19 heavy (non-hydrogen) atoms.